The molecule has 124 valence electrons. The average molecular weight is 348 g/mol. The van der Waals surface area contributed by atoms with Crippen molar-refractivity contribution < 1.29 is 4.92 Å². The molecule has 0 amide bonds. The number of nitro benzene ring substituents is 1. The highest BCUT2D eigenvalue weighted by molar-refractivity contribution is 7.98. The fourth-order valence-corrected chi connectivity index (χ4v) is 3.14. The Balaban J connectivity index is 1.66. The summed E-state index contributed by atoms with van der Waals surface area (Å²) in [5, 5.41) is 11.0. The van der Waals surface area contributed by atoms with Gasteiger partial charge in [-0.05, 0) is 35.9 Å². The van der Waals surface area contributed by atoms with Crippen molar-refractivity contribution in [2.24, 2.45) is 4.99 Å². The Morgan fingerprint density at radius 2 is 1.60 bits per heavy atom. The third-order valence-electron chi connectivity index (χ3n) is 3.57. The molecular weight excluding hydrogens is 332 g/mol. The number of nitrogens with zero attached hydrogens (tertiary/aromatic N) is 2. The maximum Gasteiger partial charge on any atom is 0.278 e. The van der Waals surface area contributed by atoms with E-state index in [1.165, 1.54) is 22.7 Å². The number of hydrogen-bond donors (Lipinski definition) is 0. The van der Waals surface area contributed by atoms with Crippen molar-refractivity contribution in [3.05, 3.63) is 100 Å². The van der Waals surface area contributed by atoms with Crippen LogP contribution in [-0.4, -0.2) is 11.1 Å². The van der Waals surface area contributed by atoms with E-state index < -0.39 is 4.92 Å². The first-order valence-electron chi connectivity index (χ1n) is 7.76. The van der Waals surface area contributed by atoms with Crippen molar-refractivity contribution in [2.75, 3.05) is 0 Å². The maximum atomic E-state index is 11.0. The summed E-state index contributed by atoms with van der Waals surface area (Å²) < 4.78 is 0. The Kier molecular flexibility index (Phi) is 5.59. The zero-order chi connectivity index (χ0) is 17.5. The molecule has 0 heterocycles. The summed E-state index contributed by atoms with van der Waals surface area (Å²) in [4.78, 5) is 16.2. The smallest absolute Gasteiger partial charge is 0.258 e. The molecule has 0 spiro atoms. The molecule has 0 fully saturated rings. The second-order valence-electron chi connectivity index (χ2n) is 5.34. The van der Waals surface area contributed by atoms with E-state index in [-0.39, 0.29) is 5.69 Å². The molecule has 0 saturated carbocycles. The first kappa shape index (κ1) is 16.9. The van der Waals surface area contributed by atoms with Gasteiger partial charge in [-0.15, -0.1) is 11.8 Å². The minimum absolute atomic E-state index is 0.0575. The van der Waals surface area contributed by atoms with Gasteiger partial charge in [0.2, 0.25) is 0 Å². The second-order valence-corrected chi connectivity index (χ2v) is 6.39. The van der Waals surface area contributed by atoms with Crippen LogP contribution < -0.4 is 0 Å². The van der Waals surface area contributed by atoms with Gasteiger partial charge in [0, 0.05) is 22.9 Å². The number of thioether (sulfide) groups is 1. The maximum absolute atomic E-state index is 11.0. The number of para-hydroxylation sites is 1. The van der Waals surface area contributed by atoms with Crippen LogP contribution in [0.3, 0.4) is 0 Å². The summed E-state index contributed by atoms with van der Waals surface area (Å²) in [6, 6.07) is 24.7. The lowest BCUT2D eigenvalue weighted by Crippen LogP contribution is -1.93. The van der Waals surface area contributed by atoms with E-state index >= 15 is 0 Å². The van der Waals surface area contributed by atoms with Gasteiger partial charge in [0.25, 0.3) is 5.69 Å². The summed E-state index contributed by atoms with van der Waals surface area (Å²) in [6.45, 7) is 0. The quantitative estimate of drug-likeness (QED) is 0.251. The first-order valence-corrected chi connectivity index (χ1v) is 8.75. The Bertz CT molecular complexity index is 878. The molecule has 0 aromatic heterocycles. The van der Waals surface area contributed by atoms with Crippen LogP contribution in [0.2, 0.25) is 0 Å². The normalized spacial score (nSPS) is 10.9. The molecule has 3 aromatic carbocycles. The number of aliphatic imine (C=N–C) groups is 1. The van der Waals surface area contributed by atoms with Crippen molar-refractivity contribution in [1.29, 1.82) is 0 Å². The van der Waals surface area contributed by atoms with Crippen LogP contribution in [0.1, 0.15) is 11.1 Å². The van der Waals surface area contributed by atoms with E-state index in [1.54, 1.807) is 30.0 Å². The van der Waals surface area contributed by atoms with Crippen molar-refractivity contribution in [3.63, 3.8) is 0 Å². The van der Waals surface area contributed by atoms with E-state index in [1.807, 2.05) is 42.5 Å². The van der Waals surface area contributed by atoms with Crippen LogP contribution in [0.5, 0.6) is 0 Å². The second kappa shape index (κ2) is 8.26. The van der Waals surface area contributed by atoms with Gasteiger partial charge < -0.3 is 0 Å². The molecule has 0 bridgehead atoms. The van der Waals surface area contributed by atoms with E-state index in [9.17, 15) is 10.1 Å². The lowest BCUT2D eigenvalue weighted by atomic mass is 10.2. The fraction of sp³-hybridized carbons (Fsp3) is 0.0500. The molecule has 0 unspecified atom stereocenters. The van der Waals surface area contributed by atoms with Crippen LogP contribution in [0.25, 0.3) is 0 Å². The summed E-state index contributed by atoms with van der Waals surface area (Å²) in [5.74, 6) is 0.887. The molecule has 0 N–H and O–H groups in total. The molecule has 25 heavy (non-hydrogen) atoms. The molecule has 0 atom stereocenters. The molecule has 0 aliphatic heterocycles. The number of rotatable bonds is 6. The minimum Gasteiger partial charge on any atom is -0.258 e. The molecule has 0 aliphatic rings. The Morgan fingerprint density at radius 1 is 0.920 bits per heavy atom. The van der Waals surface area contributed by atoms with Crippen LogP contribution >= 0.6 is 11.8 Å². The van der Waals surface area contributed by atoms with Crippen molar-refractivity contribution in [2.45, 2.75) is 10.6 Å². The van der Waals surface area contributed by atoms with Crippen molar-refractivity contribution in [3.8, 4) is 0 Å². The third kappa shape index (κ3) is 4.78. The zero-order valence-electron chi connectivity index (χ0n) is 13.4. The van der Waals surface area contributed by atoms with Crippen molar-refractivity contribution >= 4 is 29.4 Å². The molecule has 4 nitrogen and oxygen atoms in total. The Labute approximate surface area is 150 Å². The van der Waals surface area contributed by atoms with Gasteiger partial charge in [-0.25, -0.2) is 0 Å². The molecule has 3 rings (SSSR count). The average Bonchev–Trinajstić information content (AvgIpc) is 2.66. The van der Waals surface area contributed by atoms with Gasteiger partial charge in [0.1, 0.15) is 0 Å². The van der Waals surface area contributed by atoms with E-state index in [0.717, 1.165) is 11.4 Å². The highest BCUT2D eigenvalue weighted by atomic mass is 32.2. The molecule has 0 radical (unpaired) electrons. The van der Waals surface area contributed by atoms with Gasteiger partial charge in [-0.1, -0.05) is 42.5 Å². The molecule has 0 saturated heterocycles. The van der Waals surface area contributed by atoms with E-state index in [2.05, 4.69) is 17.1 Å². The Morgan fingerprint density at radius 3 is 2.32 bits per heavy atom. The fourth-order valence-electron chi connectivity index (χ4n) is 2.27. The lowest BCUT2D eigenvalue weighted by molar-refractivity contribution is -0.385. The SMILES string of the molecule is O=[N+]([O-])c1ccccc1C=Nc1ccc(CSc2ccccc2)cc1. The predicted octanol–water partition coefficient (Wildman–Crippen LogP) is 5.64. The van der Waals surface area contributed by atoms with Crippen LogP contribution in [0.4, 0.5) is 11.4 Å². The highest BCUT2D eigenvalue weighted by Gasteiger charge is 2.09. The van der Waals surface area contributed by atoms with Gasteiger partial charge >= 0.3 is 0 Å². The predicted molar refractivity (Wildman–Crippen MR) is 103 cm³/mol. The molecular formula is C20H16N2O2S. The van der Waals surface area contributed by atoms with Gasteiger partial charge in [0.15, 0.2) is 0 Å². The summed E-state index contributed by atoms with van der Waals surface area (Å²) in [6.07, 6.45) is 1.53. The lowest BCUT2D eigenvalue weighted by Gasteiger charge is -2.02. The summed E-state index contributed by atoms with van der Waals surface area (Å²) in [7, 11) is 0. The topological polar surface area (TPSA) is 55.5 Å². The van der Waals surface area contributed by atoms with Crippen LogP contribution in [0, 0.1) is 10.1 Å². The molecule has 3 aromatic rings. The van der Waals surface area contributed by atoms with Gasteiger partial charge in [-0.3, -0.25) is 15.1 Å². The number of hydrogen-bond acceptors (Lipinski definition) is 4. The van der Waals surface area contributed by atoms with E-state index in [4.69, 9.17) is 0 Å². The van der Waals surface area contributed by atoms with Crippen molar-refractivity contribution in [1.82, 2.24) is 0 Å². The van der Waals surface area contributed by atoms with Gasteiger partial charge in [0.05, 0.1) is 16.2 Å². The summed E-state index contributed by atoms with van der Waals surface area (Å²) >= 11 is 1.78. The van der Waals surface area contributed by atoms with E-state index in [0.29, 0.717) is 5.56 Å². The monoisotopic (exact) mass is 348 g/mol. The standard InChI is InChI=1S/C20H16N2O2S/c23-22(24)20-9-5-4-6-17(20)14-21-18-12-10-16(11-13-18)15-25-19-7-2-1-3-8-19/h1-14H,15H2. The van der Waals surface area contributed by atoms with Crippen LogP contribution in [-0.2, 0) is 5.75 Å². The Hall–Kier alpha value is -2.92. The molecule has 0 aliphatic carbocycles. The molecule has 5 heteroatoms. The number of nitro groups is 1. The largest absolute Gasteiger partial charge is 0.278 e. The minimum atomic E-state index is -0.398. The summed E-state index contributed by atoms with van der Waals surface area (Å²) in [5.41, 5.74) is 2.53. The number of benzene rings is 3. The third-order valence-corrected chi connectivity index (χ3v) is 4.65. The first-order chi connectivity index (χ1) is 12.2. The van der Waals surface area contributed by atoms with Crippen LogP contribution in [0.15, 0.2) is 88.8 Å². The highest BCUT2D eigenvalue weighted by Crippen LogP contribution is 2.24. The van der Waals surface area contributed by atoms with Gasteiger partial charge in [-0.2, -0.15) is 0 Å². The zero-order valence-corrected chi connectivity index (χ0v) is 14.2.